The van der Waals surface area contributed by atoms with Crippen molar-refractivity contribution >= 4 is 17.7 Å². The van der Waals surface area contributed by atoms with Crippen LogP contribution < -0.4 is 15.4 Å². The summed E-state index contributed by atoms with van der Waals surface area (Å²) in [5, 5.41) is 151. The lowest BCUT2D eigenvalue weighted by atomic mass is 9.83. The highest BCUT2D eigenvalue weighted by Crippen LogP contribution is 2.54. The number of Topliss-reactive ketones (excluding diaryl/α,β-unsaturated/α-hetero) is 1. The number of carbonyl (C=O) groups is 3. The monoisotopic (exact) mass is 821 g/mol. The maximum atomic E-state index is 13.9. The highest BCUT2D eigenvalue weighted by Gasteiger charge is 2.72. The van der Waals surface area contributed by atoms with Crippen molar-refractivity contribution in [3.63, 3.8) is 0 Å². The molecular weight excluding hydrogens is 774 g/mol. The standard InChI is InChI=1S/C37H47N3O18/c1-4-22(40-33(49)39-36(54,55)35(52,53)37(40,56)57)32(48)38-24(34(50,51)25-26(43)28(45)30(47)29(46)27(25)44)15-23(42)20(13-19-11-6-5-7-12-19)14-21(41)16-58-31-17(2)9-8-10-18(31)3/h5-12,20,22-24,42-47,50-57H,4,13-16H2,1-3H3,(H,38,48)(H,39,49). The van der Waals surface area contributed by atoms with Crippen molar-refractivity contribution in [3.05, 3.63) is 70.8 Å². The van der Waals surface area contributed by atoms with Crippen molar-refractivity contribution in [1.82, 2.24) is 15.5 Å². The number of aliphatic hydroxyl groups excluding tert-OH is 1. The number of nitrogens with zero attached hydrogens (tertiary/aromatic N) is 1. The second-order valence-electron chi connectivity index (χ2n) is 14.1. The Morgan fingerprint density at radius 1 is 0.845 bits per heavy atom. The van der Waals surface area contributed by atoms with E-state index in [2.05, 4.69) is 0 Å². The van der Waals surface area contributed by atoms with Crippen LogP contribution in [0.5, 0.6) is 34.5 Å². The number of nitrogens with one attached hydrogen (secondary N) is 2. The van der Waals surface area contributed by atoms with Crippen molar-refractivity contribution in [2.75, 3.05) is 6.61 Å². The predicted molar refractivity (Wildman–Crippen MR) is 194 cm³/mol. The average Bonchev–Trinajstić information content (AvgIpc) is 3.13. The van der Waals surface area contributed by atoms with Gasteiger partial charge in [0.05, 0.1) is 12.1 Å². The number of aromatic hydroxyl groups is 5. The molecule has 0 radical (unpaired) electrons. The Labute approximate surface area is 329 Å². The topological polar surface area (TPSA) is 371 Å². The molecule has 1 saturated heterocycles. The van der Waals surface area contributed by atoms with E-state index in [0.29, 0.717) is 11.3 Å². The first-order valence-corrected chi connectivity index (χ1v) is 17.6. The number of phenolic OH excluding ortho intramolecular Hbond substituents is 5. The zero-order chi connectivity index (χ0) is 43.7. The number of amides is 3. The third-order valence-corrected chi connectivity index (χ3v) is 9.97. The Bertz CT molecular complexity index is 1950. The first kappa shape index (κ1) is 45.2. The summed E-state index contributed by atoms with van der Waals surface area (Å²) >= 11 is 0. The van der Waals surface area contributed by atoms with Crippen LogP contribution in [0.4, 0.5) is 4.79 Å². The van der Waals surface area contributed by atoms with Gasteiger partial charge in [0.15, 0.2) is 17.3 Å². The van der Waals surface area contributed by atoms with Gasteiger partial charge in [-0.25, -0.2) is 4.79 Å². The Kier molecular flexibility index (Phi) is 13.1. The number of ether oxygens (including phenoxy) is 1. The van der Waals surface area contributed by atoms with Crippen LogP contribution in [-0.4, -0.2) is 137 Å². The Hall–Kier alpha value is -5.49. The molecule has 0 saturated carbocycles. The molecule has 0 spiro atoms. The summed E-state index contributed by atoms with van der Waals surface area (Å²) in [6, 6.07) is 6.97. The molecule has 1 aliphatic rings. The largest absolute Gasteiger partial charge is 0.504 e. The first-order chi connectivity index (χ1) is 26.8. The molecule has 0 aromatic heterocycles. The molecule has 0 aliphatic carbocycles. The van der Waals surface area contributed by atoms with E-state index in [1.54, 1.807) is 62.4 Å². The van der Waals surface area contributed by atoms with Crippen LogP contribution in [-0.2, 0) is 21.8 Å². The third kappa shape index (κ3) is 8.53. The second kappa shape index (κ2) is 16.8. The van der Waals surface area contributed by atoms with E-state index in [-0.39, 0.29) is 11.3 Å². The van der Waals surface area contributed by atoms with E-state index in [9.17, 15) is 85.9 Å². The van der Waals surface area contributed by atoms with Crippen LogP contribution in [0.15, 0.2) is 48.5 Å². The van der Waals surface area contributed by atoms with Gasteiger partial charge in [0.25, 0.3) is 0 Å². The van der Waals surface area contributed by atoms with Gasteiger partial charge in [-0.1, -0.05) is 55.5 Å². The Morgan fingerprint density at radius 3 is 1.91 bits per heavy atom. The fourth-order valence-corrected chi connectivity index (χ4v) is 6.71. The highest BCUT2D eigenvalue weighted by molar-refractivity contribution is 5.88. The summed E-state index contributed by atoms with van der Waals surface area (Å²) < 4.78 is 5.78. The lowest BCUT2D eigenvalue weighted by Crippen LogP contribution is -2.86. The maximum Gasteiger partial charge on any atom is 0.326 e. The SMILES string of the molecule is CCC(C(=O)NC(CC(O)C(CC(=O)COc1c(C)cccc1C)Cc1ccccc1)C(O)(O)c1c(O)c(O)c(O)c(O)c1O)N1C(=O)NC(O)(O)C(O)(O)C1(O)O. The molecule has 3 aromatic carbocycles. The molecule has 4 atom stereocenters. The van der Waals surface area contributed by atoms with Gasteiger partial charge in [-0.05, 0) is 55.7 Å². The molecule has 21 heteroatoms. The van der Waals surface area contributed by atoms with Crippen molar-refractivity contribution in [3.8, 4) is 34.5 Å². The molecule has 1 fully saturated rings. The normalized spacial score (nSPS) is 18.1. The molecular formula is C37H47N3O18. The van der Waals surface area contributed by atoms with E-state index >= 15 is 0 Å². The number of aliphatic hydroxyl groups is 9. The van der Waals surface area contributed by atoms with E-state index in [0.717, 1.165) is 18.1 Å². The summed E-state index contributed by atoms with van der Waals surface area (Å²) in [6.45, 7) is 4.19. The summed E-state index contributed by atoms with van der Waals surface area (Å²) in [4.78, 5) is 39.9. The van der Waals surface area contributed by atoms with E-state index in [4.69, 9.17) is 4.74 Å². The summed E-state index contributed by atoms with van der Waals surface area (Å²) in [6.07, 6.45) is -4.11. The molecule has 58 heavy (non-hydrogen) atoms. The minimum absolute atomic E-state index is 0.0683. The molecule has 4 rings (SSSR count). The first-order valence-electron chi connectivity index (χ1n) is 17.6. The highest BCUT2D eigenvalue weighted by atomic mass is 16.7. The molecule has 3 amide bonds. The van der Waals surface area contributed by atoms with Crippen molar-refractivity contribution in [2.45, 2.75) is 88.0 Å². The smallest absolute Gasteiger partial charge is 0.326 e. The number of phenols is 5. The van der Waals surface area contributed by atoms with Crippen LogP contribution in [0, 0.1) is 19.8 Å². The number of para-hydroxylation sites is 1. The lowest BCUT2D eigenvalue weighted by molar-refractivity contribution is -0.495. The van der Waals surface area contributed by atoms with Gasteiger partial charge >= 0.3 is 23.6 Å². The number of rotatable bonds is 16. The zero-order valence-electron chi connectivity index (χ0n) is 31.3. The number of aryl methyl sites for hydroxylation is 2. The fraction of sp³-hybridized carbons (Fsp3) is 0.432. The summed E-state index contributed by atoms with van der Waals surface area (Å²) in [7, 11) is 0. The molecule has 3 aromatic rings. The molecule has 1 heterocycles. The lowest BCUT2D eigenvalue weighted by Gasteiger charge is -2.53. The van der Waals surface area contributed by atoms with Crippen LogP contribution in [0.3, 0.4) is 0 Å². The van der Waals surface area contributed by atoms with Crippen molar-refractivity contribution in [1.29, 1.82) is 0 Å². The van der Waals surface area contributed by atoms with Gasteiger partial charge in [-0.3, -0.25) is 19.8 Å². The van der Waals surface area contributed by atoms with Gasteiger partial charge in [0, 0.05) is 6.42 Å². The van der Waals surface area contributed by atoms with Gasteiger partial charge in [-0.2, -0.15) is 0 Å². The maximum absolute atomic E-state index is 13.9. The van der Waals surface area contributed by atoms with E-state index < -0.39 is 125 Å². The van der Waals surface area contributed by atoms with Gasteiger partial charge in [0.1, 0.15) is 24.0 Å². The minimum atomic E-state index is -4.42. The molecule has 16 N–H and O–H groups in total. The molecule has 1 aliphatic heterocycles. The van der Waals surface area contributed by atoms with Gasteiger partial charge in [-0.15, -0.1) is 0 Å². The van der Waals surface area contributed by atoms with Crippen LogP contribution in [0.2, 0.25) is 0 Å². The summed E-state index contributed by atoms with van der Waals surface area (Å²) in [5.74, 6) is -27.6. The molecule has 318 valence electrons. The average molecular weight is 822 g/mol. The van der Waals surface area contributed by atoms with Gasteiger partial charge < -0.3 is 81.5 Å². The van der Waals surface area contributed by atoms with Crippen LogP contribution in [0.25, 0.3) is 0 Å². The predicted octanol–water partition coefficient (Wildman–Crippen LogP) is -2.14. The van der Waals surface area contributed by atoms with Crippen molar-refractivity contribution in [2.24, 2.45) is 5.92 Å². The number of hydrogen-bond donors (Lipinski definition) is 16. The van der Waals surface area contributed by atoms with E-state index in [1.807, 2.05) is 5.32 Å². The molecule has 4 unspecified atom stereocenters. The Morgan fingerprint density at radius 2 is 1.38 bits per heavy atom. The Balaban J connectivity index is 1.77. The number of carbonyl (C=O) groups excluding carboxylic acids is 3. The van der Waals surface area contributed by atoms with Crippen molar-refractivity contribution < 1.29 is 90.6 Å². The number of urea groups is 1. The van der Waals surface area contributed by atoms with E-state index in [1.165, 1.54) is 5.32 Å². The molecule has 0 bridgehead atoms. The number of hydrogen-bond acceptors (Lipinski definition) is 18. The number of ketones is 1. The zero-order valence-corrected chi connectivity index (χ0v) is 31.3. The molecule has 21 nitrogen and oxygen atoms in total. The minimum Gasteiger partial charge on any atom is -0.504 e. The quantitative estimate of drug-likeness (QED) is 0.0416. The van der Waals surface area contributed by atoms with Crippen LogP contribution >= 0.6 is 0 Å². The van der Waals surface area contributed by atoms with Crippen LogP contribution in [0.1, 0.15) is 48.4 Å². The number of benzene rings is 3. The fourth-order valence-electron chi connectivity index (χ4n) is 6.71. The summed E-state index contributed by atoms with van der Waals surface area (Å²) in [5.41, 5.74) is 0.487. The van der Waals surface area contributed by atoms with Gasteiger partial charge in [0.2, 0.25) is 28.9 Å². The second-order valence-corrected chi connectivity index (χ2v) is 14.1. The third-order valence-electron chi connectivity index (χ3n) is 9.97.